The van der Waals surface area contributed by atoms with Crippen LogP contribution in [0.4, 0.5) is 0 Å². The van der Waals surface area contributed by atoms with Crippen LogP contribution in [0.1, 0.15) is 0 Å². The van der Waals surface area contributed by atoms with Crippen molar-refractivity contribution >= 4 is 51.0 Å². The molecule has 6 heavy (non-hydrogen) atoms. The first-order chi connectivity index (χ1) is 1.73. The minimum absolute atomic E-state index is 0. The van der Waals surface area contributed by atoms with Crippen molar-refractivity contribution < 1.29 is 11.0 Å². The second-order valence-electron chi connectivity index (χ2n) is 0.247. The van der Waals surface area contributed by atoms with Crippen LogP contribution in [0.15, 0.2) is 0 Å². The zero-order valence-electron chi connectivity index (χ0n) is 2.71. The van der Waals surface area contributed by atoms with Gasteiger partial charge in [-0.2, -0.15) is 0 Å². The first-order valence-corrected chi connectivity index (χ1v) is 17.7. The first-order valence-electron chi connectivity index (χ1n) is 0.655. The molecule has 0 aromatic carbocycles. The Morgan fingerprint density at radius 2 is 0.833 bits per heavy atom. The minimum atomic E-state index is -1.04. The molecule has 4 N–H and O–H groups in total. The van der Waals surface area contributed by atoms with E-state index in [9.17, 15) is 0 Å². The normalized spacial score (nSPS) is 4.50. The van der Waals surface area contributed by atoms with Gasteiger partial charge in [-0.15, -0.1) is 0 Å². The molecule has 0 bridgehead atoms. The predicted octanol–water partition coefficient (Wildman–Crippen LogP) is 0.507. The fraction of sp³-hybridized carbons (Fsp3) is 0. The maximum absolute atomic E-state index is 3.29. The van der Waals surface area contributed by atoms with E-state index in [0.717, 1.165) is 0 Å². The van der Waals surface area contributed by atoms with Crippen LogP contribution in [0.25, 0.3) is 0 Å². The Morgan fingerprint density at radius 1 is 0.833 bits per heavy atom. The Labute approximate surface area is 61.3 Å². The molecule has 0 radical (unpaired) electrons. The molecule has 0 aromatic rings. The van der Waals surface area contributed by atoms with Gasteiger partial charge < -0.3 is 11.0 Å². The number of halogens is 3. The number of hydrogen-bond donors (Lipinski definition) is 0. The fourth-order valence-electron chi connectivity index (χ4n) is 0. The summed E-state index contributed by atoms with van der Waals surface area (Å²) in [7, 11) is -1.04. The van der Waals surface area contributed by atoms with E-state index in [0.29, 0.717) is 0 Å². The second kappa shape index (κ2) is 10.1. The number of hydrogen-bond acceptors (Lipinski definition) is 0. The summed E-state index contributed by atoms with van der Waals surface area (Å²) in [6.45, 7) is 0. The van der Waals surface area contributed by atoms with Crippen molar-refractivity contribution in [2.45, 2.75) is 0 Å². The summed E-state index contributed by atoms with van der Waals surface area (Å²) in [5.41, 5.74) is 0. The maximum atomic E-state index is 3.29. The molecule has 40 valence electrons. The van der Waals surface area contributed by atoms with Gasteiger partial charge in [0.25, 0.3) is 0 Å². The van der Waals surface area contributed by atoms with Gasteiger partial charge in [0, 0.05) is 0 Å². The van der Waals surface area contributed by atoms with E-state index in [1.54, 1.807) is 0 Å². The van der Waals surface area contributed by atoms with Crippen LogP contribution < -0.4 is 0 Å². The van der Waals surface area contributed by atoms with Crippen molar-refractivity contribution in [1.82, 2.24) is 0 Å². The molecule has 6 heteroatoms. The van der Waals surface area contributed by atoms with E-state index >= 15 is 0 Å². The predicted molar refractivity (Wildman–Crippen MR) is 39.8 cm³/mol. The van der Waals surface area contributed by atoms with Crippen molar-refractivity contribution in [3.63, 3.8) is 0 Å². The summed E-state index contributed by atoms with van der Waals surface area (Å²) in [6, 6.07) is 0. The molecule has 0 atom stereocenters. The van der Waals surface area contributed by atoms with Crippen LogP contribution in [0.5, 0.6) is 0 Å². The molecular weight excluding hydrogens is 341 g/mol. The van der Waals surface area contributed by atoms with E-state index < -0.39 is 10.3 Å². The molecule has 0 amide bonds. The van der Waals surface area contributed by atoms with E-state index in [4.69, 9.17) is 0 Å². The Kier molecular flexibility index (Phi) is 26.3. The van der Waals surface area contributed by atoms with Crippen LogP contribution in [0.3, 0.4) is 0 Å². The Hall–Kier alpha value is 2.00. The fourth-order valence-corrected chi connectivity index (χ4v) is 0. The van der Waals surface area contributed by atoms with E-state index in [2.05, 4.69) is 40.7 Å². The molecule has 0 rings (SSSR count). The molecule has 2 nitrogen and oxygen atoms in total. The van der Waals surface area contributed by atoms with Gasteiger partial charge in [-0.1, -0.05) is 0 Å². The summed E-state index contributed by atoms with van der Waals surface area (Å²) in [5.74, 6) is 0. The van der Waals surface area contributed by atoms with Crippen LogP contribution in [0, 0.1) is 0 Å². The van der Waals surface area contributed by atoms with Gasteiger partial charge in [0.15, 0.2) is 0 Å². The zero-order chi connectivity index (χ0) is 3.58. The molecule has 0 aliphatic heterocycles. The standard InChI is InChI=1S/3BrH.Ga.2H2O/h3*1H;;2*1H2/q;;;+3;;/p-3. The molecule has 0 aliphatic rings. The average Bonchev–Trinajstić information content (AvgIpc) is 0.811. The summed E-state index contributed by atoms with van der Waals surface area (Å²) in [5, 5.41) is 0. The average molecular weight is 345 g/mol. The van der Waals surface area contributed by atoms with Crippen LogP contribution >= 0.6 is 40.7 Å². The van der Waals surface area contributed by atoms with Crippen molar-refractivity contribution in [2.75, 3.05) is 0 Å². The molecule has 0 heterocycles. The molecule has 0 aliphatic carbocycles. The van der Waals surface area contributed by atoms with Gasteiger partial charge in [-0.25, -0.2) is 0 Å². The topological polar surface area (TPSA) is 63.0 Å². The second-order valence-corrected chi connectivity index (χ2v) is 34.7. The van der Waals surface area contributed by atoms with Gasteiger partial charge in [0.05, 0.1) is 0 Å². The SMILES string of the molecule is O.O.[Br][Ga]([Br])[Br]. The van der Waals surface area contributed by atoms with Gasteiger partial charge in [-0.05, 0) is 0 Å². The molecule has 0 fully saturated rings. The Bertz CT molecular complexity index is 13.5. The molecule has 0 aromatic heterocycles. The molecule has 0 unspecified atom stereocenters. The summed E-state index contributed by atoms with van der Waals surface area (Å²) >= 11 is 9.88. The molecule has 0 spiro atoms. The van der Waals surface area contributed by atoms with Crippen molar-refractivity contribution in [1.29, 1.82) is 0 Å². The third-order valence-corrected chi connectivity index (χ3v) is 0. The van der Waals surface area contributed by atoms with E-state index in [1.165, 1.54) is 0 Å². The summed E-state index contributed by atoms with van der Waals surface area (Å²) < 4.78 is 0. The van der Waals surface area contributed by atoms with Gasteiger partial charge in [0.2, 0.25) is 0 Å². The van der Waals surface area contributed by atoms with Gasteiger partial charge in [0.1, 0.15) is 0 Å². The first kappa shape index (κ1) is 15.7. The van der Waals surface area contributed by atoms with Gasteiger partial charge >= 0.3 is 51.0 Å². The Morgan fingerprint density at radius 3 is 0.833 bits per heavy atom. The zero-order valence-corrected chi connectivity index (χ0v) is 9.89. The number of rotatable bonds is 0. The van der Waals surface area contributed by atoms with Crippen LogP contribution in [-0.4, -0.2) is 21.2 Å². The Balaban J connectivity index is -0.0000000450. The van der Waals surface area contributed by atoms with Crippen molar-refractivity contribution in [3.8, 4) is 0 Å². The monoisotopic (exact) mass is 342 g/mol. The third kappa shape index (κ3) is 37.6. The van der Waals surface area contributed by atoms with Crippen molar-refractivity contribution in [2.24, 2.45) is 0 Å². The molecule has 0 saturated heterocycles. The summed E-state index contributed by atoms with van der Waals surface area (Å²) in [6.07, 6.45) is 0. The summed E-state index contributed by atoms with van der Waals surface area (Å²) in [4.78, 5) is 0. The van der Waals surface area contributed by atoms with Crippen molar-refractivity contribution in [3.05, 3.63) is 0 Å². The quantitative estimate of drug-likeness (QED) is 0.574. The molecular formula is H4Br3GaO2. The van der Waals surface area contributed by atoms with E-state index in [-0.39, 0.29) is 11.0 Å². The van der Waals surface area contributed by atoms with Gasteiger partial charge in [-0.3, -0.25) is 0 Å². The molecule has 0 saturated carbocycles. The van der Waals surface area contributed by atoms with Crippen LogP contribution in [-0.2, 0) is 0 Å². The van der Waals surface area contributed by atoms with Crippen LogP contribution in [0.2, 0.25) is 0 Å². The third-order valence-electron chi connectivity index (χ3n) is 0. The van der Waals surface area contributed by atoms with E-state index in [1.807, 2.05) is 0 Å².